The van der Waals surface area contributed by atoms with Crippen molar-refractivity contribution in [3.05, 3.63) is 95.1 Å². The molecule has 0 spiro atoms. The van der Waals surface area contributed by atoms with Crippen LogP contribution in [0.4, 0.5) is 0 Å². The maximum atomic E-state index is 11.7. The third-order valence-electron chi connectivity index (χ3n) is 5.68. The molecular formula is C27H28ClNO4. The number of ether oxygens (including phenoxy) is 2. The van der Waals surface area contributed by atoms with Crippen LogP contribution >= 0.6 is 12.4 Å². The largest absolute Gasteiger partial charge is 0.423 e. The molecule has 5 nitrogen and oxygen atoms in total. The van der Waals surface area contributed by atoms with Gasteiger partial charge in [0.15, 0.2) is 11.5 Å². The molecule has 6 heteroatoms. The number of nitrogens with zero attached hydrogens (tertiary/aromatic N) is 1. The Bertz CT molecular complexity index is 1100. The van der Waals surface area contributed by atoms with E-state index >= 15 is 0 Å². The van der Waals surface area contributed by atoms with Crippen LogP contribution in [0.5, 0.6) is 11.5 Å². The van der Waals surface area contributed by atoms with Gasteiger partial charge in [0.2, 0.25) is 0 Å². The number of carbonyl (C=O) groups excluding carboxylic acids is 2. The van der Waals surface area contributed by atoms with E-state index in [2.05, 4.69) is 41.3 Å². The molecule has 0 saturated heterocycles. The molecule has 3 aromatic carbocycles. The highest BCUT2D eigenvalue weighted by atomic mass is 35.5. The SMILES string of the molecule is CC(=O)Oc1cc2c(cc1OC(C)=O)C(c1ccccc1)CN(Cc1ccccc1)CC2.Cl. The standard InChI is InChI=1S/C27H27NO4.ClH/c1-19(29)31-26-15-23-13-14-28(17-21-9-5-3-6-10-21)18-25(22-11-7-4-8-12-22)24(23)16-27(26)32-20(2)30;/h3-12,15-16,25H,13-14,17-18H2,1-2H3;1H. The fourth-order valence-electron chi connectivity index (χ4n) is 4.31. The molecule has 0 radical (unpaired) electrons. The lowest BCUT2D eigenvalue weighted by molar-refractivity contribution is -0.134. The van der Waals surface area contributed by atoms with Gasteiger partial charge in [-0.25, -0.2) is 0 Å². The minimum Gasteiger partial charge on any atom is -0.423 e. The van der Waals surface area contributed by atoms with Crippen LogP contribution in [0.25, 0.3) is 0 Å². The van der Waals surface area contributed by atoms with E-state index in [1.165, 1.54) is 25.0 Å². The first-order valence-electron chi connectivity index (χ1n) is 10.8. The molecule has 1 atom stereocenters. The maximum Gasteiger partial charge on any atom is 0.308 e. The molecule has 0 amide bonds. The van der Waals surface area contributed by atoms with Crippen LogP contribution in [0.1, 0.15) is 42.0 Å². The van der Waals surface area contributed by atoms with E-state index in [4.69, 9.17) is 9.47 Å². The highest BCUT2D eigenvalue weighted by molar-refractivity contribution is 5.85. The summed E-state index contributed by atoms with van der Waals surface area (Å²) < 4.78 is 10.8. The van der Waals surface area contributed by atoms with Crippen molar-refractivity contribution in [1.29, 1.82) is 0 Å². The fourth-order valence-corrected chi connectivity index (χ4v) is 4.31. The second-order valence-corrected chi connectivity index (χ2v) is 8.12. The predicted molar refractivity (Wildman–Crippen MR) is 130 cm³/mol. The normalized spacial score (nSPS) is 15.5. The van der Waals surface area contributed by atoms with E-state index in [-0.39, 0.29) is 29.8 Å². The Morgan fingerprint density at radius 2 is 1.45 bits per heavy atom. The zero-order valence-corrected chi connectivity index (χ0v) is 19.6. The number of rotatable bonds is 5. The minimum absolute atomic E-state index is 0. The van der Waals surface area contributed by atoms with Crippen molar-refractivity contribution in [1.82, 2.24) is 4.90 Å². The van der Waals surface area contributed by atoms with Gasteiger partial charge in [-0.05, 0) is 40.8 Å². The van der Waals surface area contributed by atoms with Gasteiger partial charge in [-0.3, -0.25) is 14.5 Å². The van der Waals surface area contributed by atoms with Crippen LogP contribution in [-0.2, 0) is 22.6 Å². The molecule has 0 saturated carbocycles. The van der Waals surface area contributed by atoms with Crippen LogP contribution in [0, 0.1) is 0 Å². The lowest BCUT2D eigenvalue weighted by atomic mass is 9.87. The number of benzene rings is 3. The molecule has 1 aliphatic rings. The summed E-state index contributed by atoms with van der Waals surface area (Å²) in [5.74, 6) is -0.233. The van der Waals surface area contributed by atoms with Gasteiger partial charge < -0.3 is 9.47 Å². The second kappa shape index (κ2) is 11.1. The van der Waals surface area contributed by atoms with Crippen LogP contribution in [0.15, 0.2) is 72.8 Å². The summed E-state index contributed by atoms with van der Waals surface area (Å²) in [6.45, 7) is 5.25. The fraction of sp³-hybridized carbons (Fsp3) is 0.259. The molecule has 0 aromatic heterocycles. The minimum atomic E-state index is -0.450. The van der Waals surface area contributed by atoms with Crippen molar-refractivity contribution in [2.45, 2.75) is 32.7 Å². The zero-order chi connectivity index (χ0) is 22.5. The first kappa shape index (κ1) is 24.5. The monoisotopic (exact) mass is 465 g/mol. The Kier molecular flexibility index (Phi) is 8.26. The summed E-state index contributed by atoms with van der Waals surface area (Å²) in [4.78, 5) is 25.8. The van der Waals surface area contributed by atoms with Gasteiger partial charge in [0.1, 0.15) is 0 Å². The summed E-state index contributed by atoms with van der Waals surface area (Å²) in [6, 6.07) is 24.5. The zero-order valence-electron chi connectivity index (χ0n) is 18.8. The summed E-state index contributed by atoms with van der Waals surface area (Å²) >= 11 is 0. The van der Waals surface area contributed by atoms with E-state index in [1.54, 1.807) is 0 Å². The molecule has 172 valence electrons. The Balaban J connectivity index is 0.00000306. The molecule has 1 unspecified atom stereocenters. The van der Waals surface area contributed by atoms with Crippen molar-refractivity contribution >= 4 is 24.3 Å². The van der Waals surface area contributed by atoms with Gasteiger partial charge in [0.05, 0.1) is 0 Å². The Labute approximate surface area is 200 Å². The Hall–Kier alpha value is -3.15. The predicted octanol–water partition coefficient (Wildman–Crippen LogP) is 5.15. The molecule has 0 N–H and O–H groups in total. The van der Waals surface area contributed by atoms with Gasteiger partial charge >= 0.3 is 11.9 Å². The first-order chi connectivity index (χ1) is 15.5. The molecule has 0 fully saturated rings. The number of esters is 2. The average molecular weight is 466 g/mol. The quantitative estimate of drug-likeness (QED) is 0.385. The van der Waals surface area contributed by atoms with Crippen molar-refractivity contribution in [3.63, 3.8) is 0 Å². The number of fused-ring (bicyclic) bond motifs is 1. The van der Waals surface area contributed by atoms with E-state index in [9.17, 15) is 9.59 Å². The lowest BCUT2D eigenvalue weighted by Gasteiger charge is -2.26. The van der Waals surface area contributed by atoms with Crippen LogP contribution in [0.2, 0.25) is 0 Å². The molecule has 3 aromatic rings. The molecule has 1 aliphatic heterocycles. The Morgan fingerprint density at radius 1 is 0.879 bits per heavy atom. The lowest BCUT2D eigenvalue weighted by Crippen LogP contribution is -2.28. The van der Waals surface area contributed by atoms with E-state index in [1.807, 2.05) is 36.4 Å². The topological polar surface area (TPSA) is 55.8 Å². The highest BCUT2D eigenvalue weighted by Crippen LogP contribution is 2.39. The molecule has 0 bridgehead atoms. The first-order valence-corrected chi connectivity index (χ1v) is 10.8. The molecule has 1 heterocycles. The maximum absolute atomic E-state index is 11.7. The van der Waals surface area contributed by atoms with E-state index in [0.717, 1.165) is 37.2 Å². The van der Waals surface area contributed by atoms with Gasteiger partial charge in [0, 0.05) is 39.4 Å². The van der Waals surface area contributed by atoms with Crippen LogP contribution in [-0.4, -0.2) is 29.9 Å². The van der Waals surface area contributed by atoms with Gasteiger partial charge in [-0.2, -0.15) is 0 Å². The smallest absolute Gasteiger partial charge is 0.308 e. The van der Waals surface area contributed by atoms with Crippen LogP contribution < -0.4 is 9.47 Å². The van der Waals surface area contributed by atoms with Crippen molar-refractivity contribution in [3.8, 4) is 11.5 Å². The molecule has 4 rings (SSSR count). The van der Waals surface area contributed by atoms with Crippen LogP contribution in [0.3, 0.4) is 0 Å². The highest BCUT2D eigenvalue weighted by Gasteiger charge is 2.27. The van der Waals surface area contributed by atoms with E-state index < -0.39 is 11.9 Å². The molecule has 33 heavy (non-hydrogen) atoms. The summed E-state index contributed by atoms with van der Waals surface area (Å²) in [5.41, 5.74) is 4.66. The number of hydrogen-bond acceptors (Lipinski definition) is 5. The van der Waals surface area contributed by atoms with Gasteiger partial charge in [-0.15, -0.1) is 12.4 Å². The van der Waals surface area contributed by atoms with Crippen molar-refractivity contribution in [2.75, 3.05) is 13.1 Å². The summed E-state index contributed by atoms with van der Waals surface area (Å²) in [7, 11) is 0. The Morgan fingerprint density at radius 3 is 2.06 bits per heavy atom. The third kappa shape index (κ3) is 6.21. The summed E-state index contributed by atoms with van der Waals surface area (Å²) in [5, 5.41) is 0. The molecule has 0 aliphatic carbocycles. The van der Waals surface area contributed by atoms with Crippen molar-refractivity contribution in [2.24, 2.45) is 0 Å². The summed E-state index contributed by atoms with van der Waals surface area (Å²) in [6.07, 6.45) is 0.806. The van der Waals surface area contributed by atoms with E-state index in [0.29, 0.717) is 0 Å². The second-order valence-electron chi connectivity index (χ2n) is 8.12. The molecular weight excluding hydrogens is 438 g/mol. The third-order valence-corrected chi connectivity index (χ3v) is 5.68. The average Bonchev–Trinajstić information content (AvgIpc) is 2.94. The van der Waals surface area contributed by atoms with Gasteiger partial charge in [-0.1, -0.05) is 60.7 Å². The number of hydrogen-bond donors (Lipinski definition) is 0. The number of carbonyl (C=O) groups is 2. The number of halogens is 1. The van der Waals surface area contributed by atoms with Crippen molar-refractivity contribution < 1.29 is 19.1 Å². The van der Waals surface area contributed by atoms with Gasteiger partial charge in [0.25, 0.3) is 0 Å².